The SMILES string of the molecule is CN(CC1CCCCC1)c1c(Cl)cccc1CNC1CC1. The van der Waals surface area contributed by atoms with E-state index in [9.17, 15) is 0 Å². The molecule has 0 amide bonds. The number of hydrogen-bond donors (Lipinski definition) is 1. The molecule has 1 aromatic carbocycles. The molecule has 2 nitrogen and oxygen atoms in total. The van der Waals surface area contributed by atoms with Crippen LogP contribution >= 0.6 is 11.6 Å². The van der Waals surface area contributed by atoms with Crippen molar-refractivity contribution >= 4 is 17.3 Å². The number of nitrogens with zero attached hydrogens (tertiary/aromatic N) is 1. The molecule has 0 aromatic heterocycles. The molecule has 2 fully saturated rings. The Labute approximate surface area is 133 Å². The first-order chi connectivity index (χ1) is 10.2. The quantitative estimate of drug-likeness (QED) is 0.825. The summed E-state index contributed by atoms with van der Waals surface area (Å²) in [5.41, 5.74) is 2.57. The highest BCUT2D eigenvalue weighted by Crippen LogP contribution is 2.32. The van der Waals surface area contributed by atoms with Gasteiger partial charge >= 0.3 is 0 Å². The van der Waals surface area contributed by atoms with Crippen molar-refractivity contribution in [2.24, 2.45) is 5.92 Å². The summed E-state index contributed by atoms with van der Waals surface area (Å²) in [6, 6.07) is 7.05. The van der Waals surface area contributed by atoms with Gasteiger partial charge in [-0.2, -0.15) is 0 Å². The Bertz CT molecular complexity index is 464. The maximum atomic E-state index is 6.50. The van der Waals surface area contributed by atoms with Crippen LogP contribution in [-0.2, 0) is 6.54 Å². The van der Waals surface area contributed by atoms with Gasteiger partial charge in [-0.1, -0.05) is 43.0 Å². The van der Waals surface area contributed by atoms with Gasteiger partial charge in [-0.25, -0.2) is 0 Å². The molecule has 116 valence electrons. The van der Waals surface area contributed by atoms with Crippen LogP contribution in [0.4, 0.5) is 5.69 Å². The normalized spacial score (nSPS) is 19.7. The monoisotopic (exact) mass is 306 g/mol. The van der Waals surface area contributed by atoms with E-state index in [4.69, 9.17) is 11.6 Å². The van der Waals surface area contributed by atoms with Crippen molar-refractivity contribution in [3.05, 3.63) is 28.8 Å². The number of benzene rings is 1. The van der Waals surface area contributed by atoms with Crippen molar-refractivity contribution in [3.63, 3.8) is 0 Å². The molecule has 0 saturated heterocycles. The third-order valence-corrected chi connectivity index (χ3v) is 5.17. The molecule has 0 spiro atoms. The largest absolute Gasteiger partial charge is 0.373 e. The van der Waals surface area contributed by atoms with Crippen molar-refractivity contribution in [2.75, 3.05) is 18.5 Å². The molecule has 21 heavy (non-hydrogen) atoms. The summed E-state index contributed by atoms with van der Waals surface area (Å²) in [6.45, 7) is 2.08. The van der Waals surface area contributed by atoms with E-state index in [1.54, 1.807) is 0 Å². The van der Waals surface area contributed by atoms with Crippen molar-refractivity contribution in [2.45, 2.75) is 57.5 Å². The van der Waals surface area contributed by atoms with E-state index in [1.165, 1.54) is 56.2 Å². The molecule has 2 saturated carbocycles. The Hall–Kier alpha value is -0.730. The Kier molecular flexibility index (Phi) is 5.07. The summed E-state index contributed by atoms with van der Waals surface area (Å²) in [5, 5.41) is 4.51. The van der Waals surface area contributed by atoms with E-state index in [-0.39, 0.29) is 0 Å². The smallest absolute Gasteiger partial charge is 0.0642 e. The lowest BCUT2D eigenvalue weighted by atomic mass is 9.89. The first kappa shape index (κ1) is 15.2. The van der Waals surface area contributed by atoms with Crippen LogP contribution in [0.25, 0.3) is 0 Å². The number of para-hydroxylation sites is 1. The maximum absolute atomic E-state index is 6.50. The predicted octanol–water partition coefficient (Wildman–Crippen LogP) is 4.61. The molecule has 2 aliphatic rings. The second-order valence-corrected chi connectivity index (χ2v) is 7.19. The lowest BCUT2D eigenvalue weighted by Gasteiger charge is -2.30. The molecule has 0 unspecified atom stereocenters. The van der Waals surface area contributed by atoms with Crippen LogP contribution in [-0.4, -0.2) is 19.6 Å². The molecule has 1 aromatic rings. The molecule has 3 heteroatoms. The standard InChI is InChI=1S/C18H27ClN2/c1-21(13-14-6-3-2-4-7-14)18-15(8-5-9-17(18)19)12-20-16-10-11-16/h5,8-9,14,16,20H,2-4,6-7,10-13H2,1H3. The van der Waals surface area contributed by atoms with E-state index in [0.717, 1.165) is 30.1 Å². The zero-order chi connectivity index (χ0) is 14.7. The van der Waals surface area contributed by atoms with Gasteiger partial charge in [-0.15, -0.1) is 0 Å². The second-order valence-electron chi connectivity index (χ2n) is 6.79. The van der Waals surface area contributed by atoms with Crippen LogP contribution in [0, 0.1) is 5.92 Å². The first-order valence-electron chi connectivity index (χ1n) is 8.46. The highest BCUT2D eigenvalue weighted by atomic mass is 35.5. The third-order valence-electron chi connectivity index (χ3n) is 4.87. The molecule has 0 atom stereocenters. The van der Waals surface area contributed by atoms with Crippen molar-refractivity contribution in [1.82, 2.24) is 5.32 Å². The highest BCUT2D eigenvalue weighted by Gasteiger charge is 2.22. The number of rotatable bonds is 6. The molecule has 3 rings (SSSR count). The van der Waals surface area contributed by atoms with Crippen molar-refractivity contribution in [3.8, 4) is 0 Å². The first-order valence-corrected chi connectivity index (χ1v) is 8.84. The van der Waals surface area contributed by atoms with Crippen LogP contribution in [0.2, 0.25) is 5.02 Å². The van der Waals surface area contributed by atoms with E-state index in [2.05, 4.69) is 29.4 Å². The topological polar surface area (TPSA) is 15.3 Å². The number of halogens is 1. The molecule has 1 N–H and O–H groups in total. The summed E-state index contributed by atoms with van der Waals surface area (Å²) in [5.74, 6) is 0.837. The Morgan fingerprint density at radius 2 is 1.90 bits per heavy atom. The maximum Gasteiger partial charge on any atom is 0.0642 e. The van der Waals surface area contributed by atoms with Crippen LogP contribution in [0.5, 0.6) is 0 Å². The fourth-order valence-electron chi connectivity index (χ4n) is 3.52. The molecule has 0 bridgehead atoms. The zero-order valence-corrected chi connectivity index (χ0v) is 13.8. The van der Waals surface area contributed by atoms with Gasteiger partial charge in [0.1, 0.15) is 0 Å². The summed E-state index contributed by atoms with van der Waals surface area (Å²) in [4.78, 5) is 2.39. The van der Waals surface area contributed by atoms with Gasteiger partial charge in [0.05, 0.1) is 10.7 Å². The summed E-state index contributed by atoms with van der Waals surface area (Å²) >= 11 is 6.50. The molecular formula is C18H27ClN2. The van der Waals surface area contributed by atoms with Gasteiger partial charge < -0.3 is 10.2 Å². The predicted molar refractivity (Wildman–Crippen MR) is 91.2 cm³/mol. The van der Waals surface area contributed by atoms with E-state index in [1.807, 2.05) is 6.07 Å². The summed E-state index contributed by atoms with van der Waals surface area (Å²) in [7, 11) is 2.20. The van der Waals surface area contributed by atoms with Gasteiger partial charge in [-0.05, 0) is 43.2 Å². The van der Waals surface area contributed by atoms with E-state index < -0.39 is 0 Å². The zero-order valence-electron chi connectivity index (χ0n) is 13.1. The fraction of sp³-hybridized carbons (Fsp3) is 0.667. The average molecular weight is 307 g/mol. The Balaban J connectivity index is 1.68. The van der Waals surface area contributed by atoms with Crippen LogP contribution < -0.4 is 10.2 Å². The minimum absolute atomic E-state index is 0.737. The van der Waals surface area contributed by atoms with Crippen LogP contribution in [0.1, 0.15) is 50.5 Å². The van der Waals surface area contributed by atoms with Crippen molar-refractivity contribution in [1.29, 1.82) is 0 Å². The van der Waals surface area contributed by atoms with Gasteiger partial charge in [-0.3, -0.25) is 0 Å². The highest BCUT2D eigenvalue weighted by molar-refractivity contribution is 6.33. The van der Waals surface area contributed by atoms with Gasteiger partial charge in [0.2, 0.25) is 0 Å². The number of hydrogen-bond acceptors (Lipinski definition) is 2. The number of anilines is 1. The minimum Gasteiger partial charge on any atom is -0.373 e. The minimum atomic E-state index is 0.737. The van der Waals surface area contributed by atoms with Gasteiger partial charge in [0, 0.05) is 26.2 Å². The fourth-order valence-corrected chi connectivity index (χ4v) is 3.86. The molecular weight excluding hydrogens is 280 g/mol. The Morgan fingerprint density at radius 1 is 1.14 bits per heavy atom. The van der Waals surface area contributed by atoms with Gasteiger partial charge in [0.25, 0.3) is 0 Å². The van der Waals surface area contributed by atoms with Gasteiger partial charge in [0.15, 0.2) is 0 Å². The molecule has 2 aliphatic carbocycles. The summed E-state index contributed by atoms with van der Waals surface area (Å²) < 4.78 is 0. The van der Waals surface area contributed by atoms with Crippen molar-refractivity contribution < 1.29 is 0 Å². The molecule has 0 aliphatic heterocycles. The summed E-state index contributed by atoms with van der Waals surface area (Å²) in [6.07, 6.45) is 9.63. The lowest BCUT2D eigenvalue weighted by Crippen LogP contribution is -2.28. The van der Waals surface area contributed by atoms with Crippen LogP contribution in [0.15, 0.2) is 18.2 Å². The lowest BCUT2D eigenvalue weighted by molar-refractivity contribution is 0.362. The average Bonchev–Trinajstić information content (AvgIpc) is 3.30. The molecule has 0 radical (unpaired) electrons. The number of nitrogens with one attached hydrogen (secondary N) is 1. The van der Waals surface area contributed by atoms with E-state index >= 15 is 0 Å². The van der Waals surface area contributed by atoms with E-state index in [0.29, 0.717) is 0 Å². The van der Waals surface area contributed by atoms with Crippen LogP contribution in [0.3, 0.4) is 0 Å². The Morgan fingerprint density at radius 3 is 2.62 bits per heavy atom. The second kappa shape index (κ2) is 7.02. The molecule has 0 heterocycles. The third kappa shape index (κ3) is 4.14.